The normalized spacial score (nSPS) is 11.5. The summed E-state index contributed by atoms with van der Waals surface area (Å²) >= 11 is 9.55. The van der Waals surface area contributed by atoms with Crippen LogP contribution in [0.5, 0.6) is 5.75 Å². The molecule has 1 N–H and O–H groups in total. The van der Waals surface area contributed by atoms with E-state index in [0.29, 0.717) is 10.8 Å². The molecular weight excluding hydrogens is 420 g/mol. The van der Waals surface area contributed by atoms with Gasteiger partial charge in [0.2, 0.25) is 5.91 Å². The van der Waals surface area contributed by atoms with Crippen molar-refractivity contribution in [2.24, 2.45) is 0 Å². The summed E-state index contributed by atoms with van der Waals surface area (Å²) < 4.78 is 6.48. The summed E-state index contributed by atoms with van der Waals surface area (Å²) in [5, 5.41) is 3.11. The Morgan fingerprint density at radius 3 is 2.46 bits per heavy atom. The summed E-state index contributed by atoms with van der Waals surface area (Å²) in [4.78, 5) is 26.2. The second kappa shape index (κ2) is 9.59. The van der Waals surface area contributed by atoms with Gasteiger partial charge in [-0.3, -0.25) is 9.59 Å². The van der Waals surface area contributed by atoms with E-state index in [1.165, 1.54) is 11.9 Å². The van der Waals surface area contributed by atoms with E-state index in [1.807, 2.05) is 30.3 Å². The highest BCUT2D eigenvalue weighted by atomic mass is 79.9. The highest BCUT2D eigenvalue weighted by Crippen LogP contribution is 2.20. The molecule has 2 rings (SSSR count). The third-order valence-corrected chi connectivity index (χ3v) is 4.79. The monoisotopic (exact) mass is 438 g/mol. The van der Waals surface area contributed by atoms with E-state index >= 15 is 0 Å². The van der Waals surface area contributed by atoms with Crippen LogP contribution in [0.1, 0.15) is 12.5 Å². The van der Waals surface area contributed by atoms with Gasteiger partial charge in [0.1, 0.15) is 11.8 Å². The van der Waals surface area contributed by atoms with Gasteiger partial charge in [-0.25, -0.2) is 0 Å². The summed E-state index contributed by atoms with van der Waals surface area (Å²) in [6, 6.07) is 13.8. The van der Waals surface area contributed by atoms with Gasteiger partial charge in [-0.1, -0.05) is 45.7 Å². The Bertz CT molecular complexity index is 768. The molecule has 1 atom stereocenters. The van der Waals surface area contributed by atoms with Gasteiger partial charge in [0, 0.05) is 23.1 Å². The van der Waals surface area contributed by atoms with Gasteiger partial charge >= 0.3 is 0 Å². The van der Waals surface area contributed by atoms with Crippen molar-refractivity contribution in [2.75, 3.05) is 13.7 Å². The summed E-state index contributed by atoms with van der Waals surface area (Å²) in [5.41, 5.74) is 0.766. The van der Waals surface area contributed by atoms with Crippen molar-refractivity contribution in [1.82, 2.24) is 10.2 Å². The molecule has 0 saturated carbocycles. The van der Waals surface area contributed by atoms with Crippen molar-refractivity contribution in [1.29, 1.82) is 0 Å². The van der Waals surface area contributed by atoms with Crippen LogP contribution in [0, 0.1) is 0 Å². The van der Waals surface area contributed by atoms with E-state index < -0.39 is 6.04 Å². The maximum Gasteiger partial charge on any atom is 0.261 e. The molecule has 0 heterocycles. The molecule has 26 heavy (non-hydrogen) atoms. The number of benzene rings is 2. The molecule has 0 aliphatic heterocycles. The van der Waals surface area contributed by atoms with Crippen LogP contribution in [0.25, 0.3) is 0 Å². The van der Waals surface area contributed by atoms with Crippen LogP contribution in [0.15, 0.2) is 53.0 Å². The van der Waals surface area contributed by atoms with Gasteiger partial charge in [0.25, 0.3) is 5.91 Å². The fourth-order valence-electron chi connectivity index (χ4n) is 2.36. The summed E-state index contributed by atoms with van der Waals surface area (Å²) in [5.74, 6) is 0.0184. The number of halogens is 2. The Hall–Kier alpha value is -2.05. The SMILES string of the molecule is CNC(=O)[C@H](C)N(Cc1ccccc1Cl)C(=O)COc1ccc(Br)cc1. The molecule has 2 amide bonds. The van der Waals surface area contributed by atoms with E-state index in [0.717, 1.165) is 10.0 Å². The average molecular weight is 440 g/mol. The number of carbonyl (C=O) groups is 2. The fraction of sp³-hybridized carbons (Fsp3) is 0.263. The molecule has 0 bridgehead atoms. The molecule has 0 spiro atoms. The minimum atomic E-state index is -0.655. The van der Waals surface area contributed by atoms with Gasteiger partial charge in [-0.15, -0.1) is 0 Å². The van der Waals surface area contributed by atoms with Crippen LogP contribution < -0.4 is 10.1 Å². The highest BCUT2D eigenvalue weighted by Gasteiger charge is 2.26. The lowest BCUT2D eigenvalue weighted by Gasteiger charge is -2.28. The van der Waals surface area contributed by atoms with E-state index in [4.69, 9.17) is 16.3 Å². The quantitative estimate of drug-likeness (QED) is 0.716. The van der Waals surface area contributed by atoms with Gasteiger partial charge in [0.05, 0.1) is 0 Å². The molecule has 5 nitrogen and oxygen atoms in total. The predicted molar refractivity (Wildman–Crippen MR) is 105 cm³/mol. The lowest BCUT2D eigenvalue weighted by Crippen LogP contribution is -2.48. The maximum absolute atomic E-state index is 12.7. The first-order chi connectivity index (χ1) is 12.4. The van der Waals surface area contributed by atoms with Crippen LogP contribution >= 0.6 is 27.5 Å². The van der Waals surface area contributed by atoms with Crippen LogP contribution in [-0.2, 0) is 16.1 Å². The Morgan fingerprint density at radius 1 is 1.19 bits per heavy atom. The maximum atomic E-state index is 12.7. The van der Waals surface area contributed by atoms with Crippen molar-refractivity contribution < 1.29 is 14.3 Å². The van der Waals surface area contributed by atoms with Crippen molar-refractivity contribution >= 4 is 39.3 Å². The number of hydrogen-bond acceptors (Lipinski definition) is 3. The lowest BCUT2D eigenvalue weighted by atomic mass is 10.1. The smallest absolute Gasteiger partial charge is 0.261 e. The first-order valence-corrected chi connectivity index (χ1v) is 9.22. The number of likely N-dealkylation sites (N-methyl/N-ethyl adjacent to an activating group) is 1. The molecule has 7 heteroatoms. The van der Waals surface area contributed by atoms with E-state index in [2.05, 4.69) is 21.2 Å². The second-order valence-electron chi connectivity index (χ2n) is 5.65. The number of nitrogens with one attached hydrogen (secondary N) is 1. The zero-order chi connectivity index (χ0) is 19.1. The summed E-state index contributed by atoms with van der Waals surface area (Å²) in [7, 11) is 1.54. The van der Waals surface area contributed by atoms with E-state index in [1.54, 1.807) is 25.1 Å². The van der Waals surface area contributed by atoms with Gasteiger partial charge < -0.3 is 15.0 Å². The zero-order valence-corrected chi connectivity index (χ0v) is 16.9. The van der Waals surface area contributed by atoms with E-state index in [-0.39, 0.29) is 25.0 Å². The minimum Gasteiger partial charge on any atom is -0.484 e. The number of hydrogen-bond donors (Lipinski definition) is 1. The molecule has 0 radical (unpaired) electrons. The van der Waals surface area contributed by atoms with Gasteiger partial charge in [0.15, 0.2) is 6.61 Å². The first-order valence-electron chi connectivity index (χ1n) is 8.05. The average Bonchev–Trinajstić information content (AvgIpc) is 2.65. The van der Waals surface area contributed by atoms with Gasteiger partial charge in [-0.2, -0.15) is 0 Å². The number of rotatable bonds is 7. The molecule has 0 saturated heterocycles. The molecule has 0 aliphatic carbocycles. The topological polar surface area (TPSA) is 58.6 Å². The third-order valence-electron chi connectivity index (χ3n) is 3.89. The fourth-order valence-corrected chi connectivity index (χ4v) is 2.82. The van der Waals surface area contributed by atoms with Gasteiger partial charge in [-0.05, 0) is 42.8 Å². The number of amides is 2. The molecule has 0 aromatic heterocycles. The largest absolute Gasteiger partial charge is 0.484 e. The summed E-state index contributed by atoms with van der Waals surface area (Å²) in [6.45, 7) is 1.72. The van der Waals surface area contributed by atoms with Crippen molar-refractivity contribution in [2.45, 2.75) is 19.5 Å². The van der Waals surface area contributed by atoms with Crippen molar-refractivity contribution in [3.63, 3.8) is 0 Å². The Morgan fingerprint density at radius 2 is 1.85 bits per heavy atom. The summed E-state index contributed by atoms with van der Waals surface area (Å²) in [6.07, 6.45) is 0. The van der Waals surface area contributed by atoms with E-state index in [9.17, 15) is 9.59 Å². The van der Waals surface area contributed by atoms with Crippen molar-refractivity contribution in [3.8, 4) is 5.75 Å². The van der Waals surface area contributed by atoms with Crippen LogP contribution in [0.3, 0.4) is 0 Å². The molecular formula is C19H20BrClN2O3. The molecule has 0 aliphatic rings. The Labute approximate surface area is 166 Å². The predicted octanol–water partition coefficient (Wildman–Crippen LogP) is 3.64. The molecule has 0 fully saturated rings. The Balaban J connectivity index is 2.13. The number of nitrogens with zero attached hydrogens (tertiary/aromatic N) is 1. The van der Waals surface area contributed by atoms with Crippen LogP contribution in [0.2, 0.25) is 5.02 Å². The van der Waals surface area contributed by atoms with Crippen LogP contribution in [0.4, 0.5) is 0 Å². The lowest BCUT2D eigenvalue weighted by molar-refractivity contribution is -0.142. The van der Waals surface area contributed by atoms with Crippen molar-refractivity contribution in [3.05, 3.63) is 63.6 Å². The number of ether oxygens (including phenoxy) is 1. The first kappa shape index (κ1) is 20.3. The third kappa shape index (κ3) is 5.47. The molecule has 2 aromatic rings. The molecule has 0 unspecified atom stereocenters. The molecule has 2 aromatic carbocycles. The minimum absolute atomic E-state index is 0.173. The van der Waals surface area contributed by atoms with Crippen LogP contribution in [-0.4, -0.2) is 36.4 Å². The second-order valence-corrected chi connectivity index (χ2v) is 6.97. The standard InChI is InChI=1S/C19H20BrClN2O3/c1-13(19(25)22-2)23(11-14-5-3-4-6-17(14)21)18(24)12-26-16-9-7-15(20)8-10-16/h3-10,13H,11-12H2,1-2H3,(H,22,25)/t13-/m0/s1. The molecule has 138 valence electrons. The number of carbonyl (C=O) groups excluding carboxylic acids is 2. The zero-order valence-electron chi connectivity index (χ0n) is 14.5. The highest BCUT2D eigenvalue weighted by molar-refractivity contribution is 9.10. The Kier molecular flexibility index (Phi) is 7.48.